The fourth-order valence-electron chi connectivity index (χ4n) is 2.57. The van der Waals surface area contributed by atoms with Crippen molar-refractivity contribution >= 4 is 39.5 Å². The maximum Gasteiger partial charge on any atom is 0.242 e. The monoisotopic (exact) mass is 424 g/mol. The number of nitrogens with zero attached hydrogens (tertiary/aromatic N) is 2. The lowest BCUT2D eigenvalue weighted by Gasteiger charge is -2.12. The molecule has 1 aromatic carbocycles. The Hall–Kier alpha value is -2.57. The van der Waals surface area contributed by atoms with Crippen LogP contribution in [-0.2, 0) is 0 Å². The normalized spacial score (nSPS) is 10.8. The van der Waals surface area contributed by atoms with Crippen molar-refractivity contribution in [3.05, 3.63) is 64.2 Å². The number of Topliss-reactive ketones (excluding diaryl/α,β-unsaturated/α-hetero) is 1. The lowest BCUT2D eigenvalue weighted by molar-refractivity contribution is 0.0943. The van der Waals surface area contributed by atoms with E-state index >= 15 is 0 Å². The Balaban J connectivity index is 0.000000204. The summed E-state index contributed by atoms with van der Waals surface area (Å²) in [5.74, 6) is 0.977. The van der Waals surface area contributed by atoms with E-state index in [1.54, 1.807) is 11.3 Å². The summed E-state index contributed by atoms with van der Waals surface area (Å²) in [5, 5.41) is 3.96. The molecule has 4 rings (SSSR count). The van der Waals surface area contributed by atoms with Crippen LogP contribution in [0.1, 0.15) is 37.4 Å². The van der Waals surface area contributed by atoms with Gasteiger partial charge < -0.3 is 4.74 Å². The van der Waals surface area contributed by atoms with Crippen LogP contribution in [0.3, 0.4) is 0 Å². The van der Waals surface area contributed by atoms with Gasteiger partial charge in [0.2, 0.25) is 5.88 Å². The highest BCUT2D eigenvalue weighted by atomic mass is 32.1. The number of rotatable bonds is 5. The van der Waals surface area contributed by atoms with Crippen LogP contribution < -0.4 is 4.74 Å². The molecule has 0 aliphatic heterocycles. The standard InChI is InChI=1S/C15H14N2OS.C8H10OS/c1-10(2)18-15-14(13-8-5-9-19-13)16-11-6-3-4-7-12(11)17-15;1-6(2)8(9)7-4-3-5-10-7/h3-10H,1-2H3;3-6H,1-2H3. The summed E-state index contributed by atoms with van der Waals surface area (Å²) in [7, 11) is 0. The molecule has 0 amide bonds. The number of carbonyl (C=O) groups is 1. The first-order valence-electron chi connectivity index (χ1n) is 9.50. The Morgan fingerprint density at radius 2 is 1.52 bits per heavy atom. The van der Waals surface area contributed by atoms with Gasteiger partial charge in [-0.3, -0.25) is 4.79 Å². The van der Waals surface area contributed by atoms with Gasteiger partial charge in [0.15, 0.2) is 5.78 Å². The third kappa shape index (κ3) is 5.49. The highest BCUT2D eigenvalue weighted by molar-refractivity contribution is 7.13. The molecule has 0 aliphatic carbocycles. The van der Waals surface area contributed by atoms with Crippen LogP contribution in [0.25, 0.3) is 21.6 Å². The number of fused-ring (bicyclic) bond motifs is 1. The van der Waals surface area contributed by atoms with Crippen LogP contribution in [0.5, 0.6) is 5.88 Å². The second-order valence-electron chi connectivity index (χ2n) is 7.01. The molecule has 0 bridgehead atoms. The molecule has 0 unspecified atom stereocenters. The maximum atomic E-state index is 11.2. The molecule has 0 aliphatic rings. The first-order valence-corrected chi connectivity index (χ1v) is 11.3. The molecule has 0 N–H and O–H groups in total. The van der Waals surface area contributed by atoms with Gasteiger partial charge in [0.05, 0.1) is 26.9 Å². The van der Waals surface area contributed by atoms with E-state index in [0.29, 0.717) is 5.88 Å². The van der Waals surface area contributed by atoms with E-state index in [1.807, 2.05) is 87.0 Å². The Morgan fingerprint density at radius 3 is 2.07 bits per heavy atom. The first-order chi connectivity index (χ1) is 14.0. The van der Waals surface area contributed by atoms with E-state index in [2.05, 4.69) is 4.98 Å². The van der Waals surface area contributed by atoms with Gasteiger partial charge in [-0.25, -0.2) is 9.97 Å². The van der Waals surface area contributed by atoms with Crippen LogP contribution in [0, 0.1) is 5.92 Å². The molecule has 4 aromatic rings. The fraction of sp³-hybridized carbons (Fsp3) is 0.261. The minimum atomic E-state index is 0.0779. The second kappa shape index (κ2) is 9.76. The van der Waals surface area contributed by atoms with Crippen LogP contribution in [-0.4, -0.2) is 21.9 Å². The van der Waals surface area contributed by atoms with E-state index < -0.39 is 0 Å². The zero-order chi connectivity index (χ0) is 20.8. The predicted molar refractivity (Wildman–Crippen MR) is 122 cm³/mol. The van der Waals surface area contributed by atoms with Crippen LogP contribution >= 0.6 is 22.7 Å². The molecule has 0 radical (unpaired) electrons. The number of carbonyl (C=O) groups excluding carboxylic acids is 1. The van der Waals surface area contributed by atoms with Crippen molar-refractivity contribution in [2.75, 3.05) is 0 Å². The zero-order valence-corrected chi connectivity index (χ0v) is 18.6. The minimum Gasteiger partial charge on any atom is -0.473 e. The Labute approximate surface area is 179 Å². The lowest BCUT2D eigenvalue weighted by atomic mass is 10.1. The Kier molecular flexibility index (Phi) is 7.12. The molecule has 3 heterocycles. The molecule has 0 saturated carbocycles. The number of para-hydroxylation sites is 2. The smallest absolute Gasteiger partial charge is 0.242 e. The average molecular weight is 425 g/mol. The topological polar surface area (TPSA) is 52.1 Å². The van der Waals surface area contributed by atoms with E-state index in [4.69, 9.17) is 9.72 Å². The summed E-state index contributed by atoms with van der Waals surface area (Å²) in [4.78, 5) is 22.5. The van der Waals surface area contributed by atoms with Gasteiger partial charge in [0.25, 0.3) is 0 Å². The van der Waals surface area contributed by atoms with Gasteiger partial charge in [-0.2, -0.15) is 0 Å². The highest BCUT2D eigenvalue weighted by Crippen LogP contribution is 2.32. The largest absolute Gasteiger partial charge is 0.473 e. The van der Waals surface area contributed by atoms with Crippen LogP contribution in [0.4, 0.5) is 0 Å². The quantitative estimate of drug-likeness (QED) is 0.333. The van der Waals surface area contributed by atoms with E-state index in [-0.39, 0.29) is 17.8 Å². The minimum absolute atomic E-state index is 0.0779. The maximum absolute atomic E-state index is 11.2. The summed E-state index contributed by atoms with van der Waals surface area (Å²) in [6.45, 7) is 7.83. The number of hydrogen-bond acceptors (Lipinski definition) is 6. The highest BCUT2D eigenvalue weighted by Gasteiger charge is 2.14. The lowest BCUT2D eigenvalue weighted by Crippen LogP contribution is -2.08. The Morgan fingerprint density at radius 1 is 0.862 bits per heavy atom. The molecule has 0 saturated heterocycles. The van der Waals surface area contributed by atoms with Crippen molar-refractivity contribution in [1.82, 2.24) is 9.97 Å². The number of aromatic nitrogens is 2. The molecule has 0 atom stereocenters. The molecule has 6 heteroatoms. The summed E-state index contributed by atoms with van der Waals surface area (Å²) < 4.78 is 5.81. The third-order valence-electron chi connectivity index (χ3n) is 3.93. The van der Waals surface area contributed by atoms with Crippen molar-refractivity contribution in [3.8, 4) is 16.5 Å². The van der Waals surface area contributed by atoms with Crippen molar-refractivity contribution in [2.24, 2.45) is 5.92 Å². The zero-order valence-electron chi connectivity index (χ0n) is 17.0. The van der Waals surface area contributed by atoms with Gasteiger partial charge in [-0.1, -0.05) is 38.1 Å². The Bertz CT molecular complexity index is 1060. The van der Waals surface area contributed by atoms with Crippen molar-refractivity contribution in [1.29, 1.82) is 0 Å². The van der Waals surface area contributed by atoms with Gasteiger partial charge in [-0.05, 0) is 48.9 Å². The molecular weight excluding hydrogens is 400 g/mol. The van der Waals surface area contributed by atoms with Gasteiger partial charge in [-0.15, -0.1) is 22.7 Å². The number of hydrogen-bond donors (Lipinski definition) is 0. The summed E-state index contributed by atoms with van der Waals surface area (Å²) >= 11 is 3.15. The van der Waals surface area contributed by atoms with E-state index in [0.717, 1.165) is 26.5 Å². The van der Waals surface area contributed by atoms with Crippen LogP contribution in [0.15, 0.2) is 59.3 Å². The number of ketones is 1. The molecule has 0 spiro atoms. The molecule has 3 aromatic heterocycles. The van der Waals surface area contributed by atoms with Crippen LogP contribution in [0.2, 0.25) is 0 Å². The number of thiophene rings is 2. The molecule has 4 nitrogen and oxygen atoms in total. The van der Waals surface area contributed by atoms with E-state index in [1.165, 1.54) is 11.3 Å². The predicted octanol–water partition coefficient (Wildman–Crippen LogP) is 6.73. The second-order valence-corrected chi connectivity index (χ2v) is 8.90. The number of benzene rings is 1. The van der Waals surface area contributed by atoms with Gasteiger partial charge >= 0.3 is 0 Å². The molecule has 150 valence electrons. The van der Waals surface area contributed by atoms with Gasteiger partial charge in [0.1, 0.15) is 5.69 Å². The van der Waals surface area contributed by atoms with E-state index in [9.17, 15) is 4.79 Å². The fourth-order valence-corrected chi connectivity index (χ4v) is 4.08. The third-order valence-corrected chi connectivity index (χ3v) is 5.69. The summed E-state index contributed by atoms with van der Waals surface area (Å²) in [5.41, 5.74) is 2.57. The van der Waals surface area contributed by atoms with Crippen molar-refractivity contribution in [2.45, 2.75) is 33.8 Å². The summed E-state index contributed by atoms with van der Waals surface area (Å²) in [6, 6.07) is 15.7. The first kappa shape index (κ1) is 21.1. The van der Waals surface area contributed by atoms with Gasteiger partial charge in [0, 0.05) is 5.92 Å². The molecular formula is C23H24N2O2S2. The molecule has 0 fully saturated rings. The van der Waals surface area contributed by atoms with Crippen molar-refractivity contribution in [3.63, 3.8) is 0 Å². The SMILES string of the molecule is CC(C)C(=O)c1cccs1.CC(C)Oc1nc2ccccc2nc1-c1cccs1. The van der Waals surface area contributed by atoms with Crippen molar-refractivity contribution < 1.29 is 9.53 Å². The molecule has 29 heavy (non-hydrogen) atoms. The average Bonchev–Trinajstić information content (AvgIpc) is 3.41. The number of ether oxygens (including phenoxy) is 1. The summed E-state index contributed by atoms with van der Waals surface area (Å²) in [6.07, 6.45) is 0.0779.